The third kappa shape index (κ3) is 3.94. The van der Waals surface area contributed by atoms with E-state index in [0.29, 0.717) is 6.54 Å². The third-order valence-electron chi connectivity index (χ3n) is 2.54. The van der Waals surface area contributed by atoms with Crippen LogP contribution in [0.15, 0.2) is 6.07 Å². The first-order valence-electron chi connectivity index (χ1n) is 5.55. The van der Waals surface area contributed by atoms with Gasteiger partial charge in [0.25, 0.3) is 0 Å². The van der Waals surface area contributed by atoms with Crippen LogP contribution in [0.2, 0.25) is 0 Å². The second kappa shape index (κ2) is 5.93. The van der Waals surface area contributed by atoms with Gasteiger partial charge in [0.2, 0.25) is 5.91 Å². The highest BCUT2D eigenvalue weighted by molar-refractivity contribution is 7.12. The van der Waals surface area contributed by atoms with Crippen molar-refractivity contribution >= 4 is 23.0 Å². The number of aryl methyl sites for hydroxylation is 2. The fraction of sp³-hybridized carbons (Fsp3) is 0.500. The van der Waals surface area contributed by atoms with Gasteiger partial charge in [-0.3, -0.25) is 14.5 Å². The first-order chi connectivity index (χ1) is 7.93. The Morgan fingerprint density at radius 1 is 1.35 bits per heavy atom. The molecule has 1 rings (SSSR count). The molecule has 0 aromatic carbocycles. The van der Waals surface area contributed by atoms with Crippen LogP contribution in [0.1, 0.15) is 27.0 Å². The lowest BCUT2D eigenvalue weighted by Crippen LogP contribution is -2.37. The Hall–Kier alpha value is -1.20. The molecule has 0 saturated heterocycles. The summed E-state index contributed by atoms with van der Waals surface area (Å²) in [4.78, 5) is 26.8. The lowest BCUT2D eigenvalue weighted by atomic mass is 10.1. The molecule has 1 aromatic heterocycles. The zero-order valence-corrected chi connectivity index (χ0v) is 11.3. The summed E-state index contributed by atoms with van der Waals surface area (Å²) in [6, 6.07) is 1.90. The smallest absolute Gasteiger partial charge is 0.231 e. The van der Waals surface area contributed by atoms with Crippen LogP contribution in [0, 0.1) is 13.8 Å². The Labute approximate surface area is 105 Å². The number of primary amides is 1. The first kappa shape index (κ1) is 13.9. The van der Waals surface area contributed by atoms with Crippen LogP contribution in [-0.2, 0) is 4.79 Å². The molecule has 0 saturated carbocycles. The van der Waals surface area contributed by atoms with E-state index < -0.39 is 5.91 Å². The van der Waals surface area contributed by atoms with Gasteiger partial charge in [-0.2, -0.15) is 0 Å². The minimum atomic E-state index is -0.405. The predicted molar refractivity (Wildman–Crippen MR) is 69.4 cm³/mol. The molecule has 0 aliphatic rings. The molecule has 0 aliphatic heterocycles. The molecule has 1 amide bonds. The van der Waals surface area contributed by atoms with E-state index in [1.165, 1.54) is 0 Å². The summed E-state index contributed by atoms with van der Waals surface area (Å²) in [5, 5.41) is 0. The van der Waals surface area contributed by atoms with E-state index in [4.69, 9.17) is 5.73 Å². The molecule has 0 atom stereocenters. The van der Waals surface area contributed by atoms with Crippen LogP contribution in [-0.4, -0.2) is 36.2 Å². The van der Waals surface area contributed by atoms with E-state index >= 15 is 0 Å². The van der Waals surface area contributed by atoms with Gasteiger partial charge in [0, 0.05) is 15.3 Å². The number of likely N-dealkylation sites (N-methyl/N-ethyl adjacent to an activating group) is 1. The van der Waals surface area contributed by atoms with E-state index in [1.54, 1.807) is 16.2 Å². The predicted octanol–water partition coefficient (Wildman–Crippen LogP) is 1.35. The topological polar surface area (TPSA) is 63.4 Å². The van der Waals surface area contributed by atoms with Crippen LogP contribution >= 0.6 is 11.3 Å². The molecule has 17 heavy (non-hydrogen) atoms. The number of rotatable bonds is 6. The number of hydrogen-bond donors (Lipinski definition) is 1. The lowest BCUT2D eigenvalue weighted by molar-refractivity contribution is -0.118. The van der Waals surface area contributed by atoms with Crippen molar-refractivity contribution in [3.63, 3.8) is 0 Å². The molecule has 0 bridgehead atoms. The normalized spacial score (nSPS) is 10.8. The number of amides is 1. The average Bonchev–Trinajstić information content (AvgIpc) is 2.56. The highest BCUT2D eigenvalue weighted by Crippen LogP contribution is 2.21. The maximum absolute atomic E-state index is 12.0. The molecule has 0 unspecified atom stereocenters. The Kier molecular flexibility index (Phi) is 4.84. The quantitative estimate of drug-likeness (QED) is 0.779. The van der Waals surface area contributed by atoms with Crippen molar-refractivity contribution in [3.8, 4) is 0 Å². The summed E-state index contributed by atoms with van der Waals surface area (Å²) in [5.74, 6) is -0.354. The molecule has 1 heterocycles. The molecule has 0 fully saturated rings. The Morgan fingerprint density at radius 3 is 2.41 bits per heavy atom. The number of ketones is 1. The van der Waals surface area contributed by atoms with Crippen molar-refractivity contribution < 1.29 is 9.59 Å². The fourth-order valence-corrected chi connectivity index (χ4v) is 2.64. The number of carbonyl (C=O) groups is 2. The maximum atomic E-state index is 12.0. The minimum absolute atomic E-state index is 0.0509. The number of thiophene rings is 1. The summed E-state index contributed by atoms with van der Waals surface area (Å²) in [5.41, 5.74) is 5.89. The molecule has 5 heteroatoms. The molecule has 4 nitrogen and oxygen atoms in total. The number of nitrogens with two attached hydrogens (primary N) is 1. The highest BCUT2D eigenvalue weighted by Gasteiger charge is 2.16. The Morgan fingerprint density at radius 2 is 2.00 bits per heavy atom. The van der Waals surface area contributed by atoms with Gasteiger partial charge >= 0.3 is 0 Å². The monoisotopic (exact) mass is 254 g/mol. The van der Waals surface area contributed by atoms with Crippen molar-refractivity contribution in [2.45, 2.75) is 20.8 Å². The van der Waals surface area contributed by atoms with Gasteiger partial charge in [-0.1, -0.05) is 6.92 Å². The van der Waals surface area contributed by atoms with Gasteiger partial charge in [0.05, 0.1) is 13.1 Å². The highest BCUT2D eigenvalue weighted by atomic mass is 32.1. The van der Waals surface area contributed by atoms with Gasteiger partial charge in [0.1, 0.15) is 0 Å². The van der Waals surface area contributed by atoms with Crippen molar-refractivity contribution in [1.29, 1.82) is 0 Å². The molecule has 0 spiro atoms. The second-order valence-electron chi connectivity index (χ2n) is 4.02. The molecule has 1 aromatic rings. The first-order valence-corrected chi connectivity index (χ1v) is 6.36. The molecular weight excluding hydrogens is 236 g/mol. The van der Waals surface area contributed by atoms with Crippen molar-refractivity contribution in [3.05, 3.63) is 21.4 Å². The van der Waals surface area contributed by atoms with E-state index in [9.17, 15) is 9.59 Å². The molecule has 94 valence electrons. The number of nitrogens with zero attached hydrogens (tertiary/aromatic N) is 1. The summed E-state index contributed by atoms with van der Waals surface area (Å²) in [7, 11) is 0. The van der Waals surface area contributed by atoms with Gasteiger partial charge in [0.15, 0.2) is 5.78 Å². The molecule has 0 aliphatic carbocycles. The summed E-state index contributed by atoms with van der Waals surface area (Å²) in [6.45, 7) is 6.84. The largest absolute Gasteiger partial charge is 0.369 e. The fourth-order valence-electron chi connectivity index (χ4n) is 1.70. The van der Waals surface area contributed by atoms with Crippen molar-refractivity contribution in [2.75, 3.05) is 19.6 Å². The number of Topliss-reactive ketones (excluding diaryl/α,β-unsaturated/α-hetero) is 1. The average molecular weight is 254 g/mol. The zero-order chi connectivity index (χ0) is 13.0. The van der Waals surface area contributed by atoms with Crippen LogP contribution in [0.3, 0.4) is 0 Å². The minimum Gasteiger partial charge on any atom is -0.369 e. The van der Waals surface area contributed by atoms with E-state index in [1.807, 2.05) is 26.8 Å². The van der Waals surface area contributed by atoms with Crippen molar-refractivity contribution in [2.24, 2.45) is 5.73 Å². The van der Waals surface area contributed by atoms with Crippen LogP contribution < -0.4 is 5.73 Å². The van der Waals surface area contributed by atoms with Crippen molar-refractivity contribution in [1.82, 2.24) is 4.90 Å². The maximum Gasteiger partial charge on any atom is 0.231 e. The standard InChI is InChI=1S/C12H18N2O2S/c1-4-14(7-12(13)16)6-11(15)10-5-8(2)17-9(10)3/h5H,4,6-7H2,1-3H3,(H2,13,16). The summed E-state index contributed by atoms with van der Waals surface area (Å²) >= 11 is 1.62. The molecular formula is C12H18N2O2S. The lowest BCUT2D eigenvalue weighted by Gasteiger charge is -2.17. The van der Waals surface area contributed by atoms with Crippen LogP contribution in [0.25, 0.3) is 0 Å². The van der Waals surface area contributed by atoms with Crippen LogP contribution in [0.5, 0.6) is 0 Å². The van der Waals surface area contributed by atoms with Gasteiger partial charge in [-0.25, -0.2) is 0 Å². The van der Waals surface area contributed by atoms with E-state index in [0.717, 1.165) is 15.3 Å². The van der Waals surface area contributed by atoms with Gasteiger partial charge < -0.3 is 5.73 Å². The molecule has 2 N–H and O–H groups in total. The zero-order valence-electron chi connectivity index (χ0n) is 10.4. The Balaban J connectivity index is 2.70. The molecule has 0 radical (unpaired) electrons. The van der Waals surface area contributed by atoms with E-state index in [-0.39, 0.29) is 18.9 Å². The second-order valence-corrected chi connectivity index (χ2v) is 5.48. The van der Waals surface area contributed by atoms with E-state index in [2.05, 4.69) is 0 Å². The number of hydrogen-bond acceptors (Lipinski definition) is 4. The summed E-state index contributed by atoms with van der Waals surface area (Å²) < 4.78 is 0. The summed E-state index contributed by atoms with van der Waals surface area (Å²) in [6.07, 6.45) is 0. The third-order valence-corrected chi connectivity index (χ3v) is 3.50. The SMILES string of the molecule is CCN(CC(N)=O)CC(=O)c1cc(C)sc1C. The van der Waals surface area contributed by atoms with Crippen LogP contribution in [0.4, 0.5) is 0 Å². The number of carbonyl (C=O) groups excluding carboxylic acids is 2. The van der Waals surface area contributed by atoms with Gasteiger partial charge in [-0.05, 0) is 26.5 Å². The Bertz CT molecular complexity index is 426. The van der Waals surface area contributed by atoms with Gasteiger partial charge in [-0.15, -0.1) is 11.3 Å².